The molecule has 0 aliphatic heterocycles. The summed E-state index contributed by atoms with van der Waals surface area (Å²) in [5, 5.41) is 0. The van der Waals surface area contributed by atoms with Crippen LogP contribution in [-0.4, -0.2) is 17.6 Å². The number of carbonyl (C=O) groups is 1. The fourth-order valence-corrected chi connectivity index (χ4v) is 2.83. The van der Waals surface area contributed by atoms with Crippen LogP contribution in [-0.2, 0) is 0 Å². The molecule has 1 aromatic carbocycles. The predicted molar refractivity (Wildman–Crippen MR) is 106 cm³/mol. The SMILES string of the molecule is C#CC(=O)c1c(F)cc(C=C(CCC(F)(F)F)CC(F)(C=C)C=C)cc1C(C)C. The number of terminal acetylenes is 1. The highest BCUT2D eigenvalue weighted by Crippen LogP contribution is 2.33. The van der Waals surface area contributed by atoms with Gasteiger partial charge in [0.2, 0.25) is 5.78 Å². The Kier molecular flexibility index (Phi) is 8.14. The fourth-order valence-electron chi connectivity index (χ4n) is 2.83. The molecule has 0 saturated carbocycles. The molecular weight excluding hydrogens is 387 g/mol. The van der Waals surface area contributed by atoms with Crippen LogP contribution in [0.15, 0.2) is 43.0 Å². The van der Waals surface area contributed by atoms with E-state index in [2.05, 4.69) is 13.2 Å². The third-order valence-corrected chi connectivity index (χ3v) is 4.40. The summed E-state index contributed by atoms with van der Waals surface area (Å²) in [4.78, 5) is 11.9. The average Bonchev–Trinajstić information content (AvgIpc) is 2.64. The summed E-state index contributed by atoms with van der Waals surface area (Å²) in [6, 6.07) is 2.49. The number of halogens is 5. The lowest BCUT2D eigenvalue weighted by atomic mass is 9.89. The summed E-state index contributed by atoms with van der Waals surface area (Å²) < 4.78 is 67.3. The summed E-state index contributed by atoms with van der Waals surface area (Å²) in [6.45, 7) is 10.2. The van der Waals surface area contributed by atoms with Crippen LogP contribution < -0.4 is 0 Å². The molecule has 6 heteroatoms. The molecule has 1 nitrogen and oxygen atoms in total. The lowest BCUT2D eigenvalue weighted by molar-refractivity contribution is -0.134. The average molecular weight is 410 g/mol. The standard InChI is InChI=1S/C23H23F5O/c1-6-20(29)21-18(15(4)5)12-17(13-19(21)24)11-16(9-10-23(26,27)28)14-22(25,7-2)8-3/h1,7-8,11-13,15H,2-3,9-10,14H2,4-5H3. The zero-order valence-corrected chi connectivity index (χ0v) is 16.4. The van der Waals surface area contributed by atoms with Crippen LogP contribution in [0.3, 0.4) is 0 Å². The second kappa shape index (κ2) is 9.69. The van der Waals surface area contributed by atoms with Crippen LogP contribution >= 0.6 is 0 Å². The number of benzene rings is 1. The summed E-state index contributed by atoms with van der Waals surface area (Å²) in [5.41, 5.74) is -1.69. The van der Waals surface area contributed by atoms with Gasteiger partial charge in [-0.25, -0.2) is 8.78 Å². The smallest absolute Gasteiger partial charge is 0.279 e. The van der Waals surface area contributed by atoms with Crippen LogP contribution in [0, 0.1) is 18.2 Å². The van der Waals surface area contributed by atoms with Gasteiger partial charge < -0.3 is 0 Å². The molecule has 0 saturated heterocycles. The highest BCUT2D eigenvalue weighted by Gasteiger charge is 2.29. The van der Waals surface area contributed by atoms with E-state index in [0.29, 0.717) is 5.56 Å². The third-order valence-electron chi connectivity index (χ3n) is 4.40. The van der Waals surface area contributed by atoms with Crippen molar-refractivity contribution in [3.8, 4) is 12.3 Å². The molecule has 0 fully saturated rings. The van der Waals surface area contributed by atoms with Gasteiger partial charge in [-0.05, 0) is 35.5 Å². The van der Waals surface area contributed by atoms with Gasteiger partial charge in [0.25, 0.3) is 0 Å². The number of alkyl halides is 4. The second-order valence-electron chi connectivity index (χ2n) is 7.02. The van der Waals surface area contributed by atoms with Crippen molar-refractivity contribution in [2.24, 2.45) is 0 Å². The van der Waals surface area contributed by atoms with Gasteiger partial charge in [-0.1, -0.05) is 56.9 Å². The molecule has 0 unspecified atom stereocenters. The minimum atomic E-state index is -4.43. The van der Waals surface area contributed by atoms with Gasteiger partial charge >= 0.3 is 6.18 Å². The van der Waals surface area contributed by atoms with Crippen LogP contribution in [0.25, 0.3) is 6.08 Å². The van der Waals surface area contributed by atoms with Gasteiger partial charge in [0.1, 0.15) is 5.82 Å². The fraction of sp³-hybridized carbons (Fsp3) is 0.348. The van der Waals surface area contributed by atoms with E-state index in [4.69, 9.17) is 6.42 Å². The quantitative estimate of drug-likeness (QED) is 0.141. The topological polar surface area (TPSA) is 17.1 Å². The Morgan fingerprint density at radius 1 is 1.21 bits per heavy atom. The van der Waals surface area contributed by atoms with Crippen molar-refractivity contribution in [3.63, 3.8) is 0 Å². The molecule has 0 atom stereocenters. The van der Waals surface area contributed by atoms with E-state index >= 15 is 0 Å². The molecule has 1 aromatic rings. The van der Waals surface area contributed by atoms with E-state index in [-0.39, 0.29) is 22.6 Å². The first-order chi connectivity index (χ1) is 13.4. The van der Waals surface area contributed by atoms with E-state index in [1.807, 2.05) is 5.92 Å². The molecule has 0 heterocycles. The molecule has 0 radical (unpaired) electrons. The number of allylic oxidation sites excluding steroid dienone is 3. The lowest BCUT2D eigenvalue weighted by Crippen LogP contribution is -2.17. The Morgan fingerprint density at radius 3 is 2.24 bits per heavy atom. The predicted octanol–water partition coefficient (Wildman–Crippen LogP) is 6.96. The summed E-state index contributed by atoms with van der Waals surface area (Å²) in [6.07, 6.45) is 1.84. The van der Waals surface area contributed by atoms with E-state index < -0.39 is 42.7 Å². The van der Waals surface area contributed by atoms with Crippen LogP contribution in [0.2, 0.25) is 0 Å². The van der Waals surface area contributed by atoms with Crippen molar-refractivity contribution < 1.29 is 26.7 Å². The van der Waals surface area contributed by atoms with Crippen molar-refractivity contribution in [2.45, 2.75) is 50.9 Å². The number of hydrogen-bond acceptors (Lipinski definition) is 1. The zero-order chi connectivity index (χ0) is 22.4. The maximum absolute atomic E-state index is 14.6. The Morgan fingerprint density at radius 2 is 1.79 bits per heavy atom. The molecule has 0 aliphatic rings. The maximum atomic E-state index is 14.6. The molecule has 0 amide bonds. The molecule has 0 aromatic heterocycles. The Hall–Kier alpha value is -2.68. The summed E-state index contributed by atoms with van der Waals surface area (Å²) >= 11 is 0. The number of carbonyl (C=O) groups excluding carboxylic acids is 1. The molecule has 29 heavy (non-hydrogen) atoms. The molecule has 1 rings (SSSR count). The van der Waals surface area contributed by atoms with Gasteiger partial charge in [0.05, 0.1) is 5.56 Å². The Balaban J connectivity index is 3.50. The first-order valence-electron chi connectivity index (χ1n) is 8.92. The Bertz CT molecular complexity index is 845. The first kappa shape index (κ1) is 24.4. The van der Waals surface area contributed by atoms with Gasteiger partial charge in [0, 0.05) is 12.8 Å². The Labute approximate surface area is 168 Å². The minimum absolute atomic E-state index is 0.106. The number of hydrogen-bond donors (Lipinski definition) is 0. The van der Waals surface area contributed by atoms with E-state index in [0.717, 1.165) is 18.2 Å². The van der Waals surface area contributed by atoms with Crippen molar-refractivity contribution in [1.82, 2.24) is 0 Å². The van der Waals surface area contributed by atoms with Crippen LogP contribution in [0.4, 0.5) is 22.0 Å². The normalized spacial score (nSPS) is 12.6. The number of rotatable bonds is 9. The van der Waals surface area contributed by atoms with Crippen molar-refractivity contribution >= 4 is 11.9 Å². The summed E-state index contributed by atoms with van der Waals surface area (Å²) in [5.74, 6) is -0.0979. The molecule has 0 spiro atoms. The zero-order valence-electron chi connectivity index (χ0n) is 16.4. The first-order valence-corrected chi connectivity index (χ1v) is 8.92. The monoisotopic (exact) mass is 410 g/mol. The van der Waals surface area contributed by atoms with Gasteiger partial charge in [0.15, 0.2) is 5.67 Å². The highest BCUT2D eigenvalue weighted by molar-refractivity contribution is 6.10. The molecular formula is C23H23F5O. The third kappa shape index (κ3) is 7.01. The molecule has 0 aliphatic carbocycles. The van der Waals surface area contributed by atoms with Gasteiger partial charge in [-0.3, -0.25) is 4.79 Å². The van der Waals surface area contributed by atoms with Crippen LogP contribution in [0.1, 0.15) is 60.5 Å². The van der Waals surface area contributed by atoms with Gasteiger partial charge in [-0.15, -0.1) is 6.42 Å². The van der Waals surface area contributed by atoms with Crippen molar-refractivity contribution in [2.75, 3.05) is 0 Å². The molecule has 0 N–H and O–H groups in total. The van der Waals surface area contributed by atoms with Crippen molar-refractivity contribution in [3.05, 3.63) is 65.5 Å². The van der Waals surface area contributed by atoms with Gasteiger partial charge in [-0.2, -0.15) is 13.2 Å². The van der Waals surface area contributed by atoms with E-state index in [1.54, 1.807) is 13.8 Å². The highest BCUT2D eigenvalue weighted by atomic mass is 19.4. The van der Waals surface area contributed by atoms with E-state index in [9.17, 15) is 26.7 Å². The number of Topliss-reactive ketones (excluding diaryl/α,β-unsaturated/α-hetero) is 1. The number of ketones is 1. The summed E-state index contributed by atoms with van der Waals surface area (Å²) in [7, 11) is 0. The second-order valence-corrected chi connectivity index (χ2v) is 7.02. The lowest BCUT2D eigenvalue weighted by Gasteiger charge is -2.20. The van der Waals surface area contributed by atoms with Crippen molar-refractivity contribution in [1.29, 1.82) is 0 Å². The molecule has 156 valence electrons. The van der Waals surface area contributed by atoms with Crippen LogP contribution in [0.5, 0.6) is 0 Å². The maximum Gasteiger partial charge on any atom is 0.389 e. The largest absolute Gasteiger partial charge is 0.389 e. The molecule has 0 bridgehead atoms. The minimum Gasteiger partial charge on any atom is -0.279 e. The van der Waals surface area contributed by atoms with E-state index in [1.165, 1.54) is 12.1 Å².